The van der Waals surface area contributed by atoms with Crippen molar-refractivity contribution in [3.8, 4) is 0 Å². The van der Waals surface area contributed by atoms with Crippen LogP contribution in [0.15, 0.2) is 77.7 Å². The van der Waals surface area contributed by atoms with Crippen LogP contribution in [0, 0.1) is 0 Å². The van der Waals surface area contributed by atoms with Gasteiger partial charge in [-0.3, -0.25) is 9.52 Å². The number of nitrogens with one attached hydrogen (secondary N) is 2. The lowest BCUT2D eigenvalue weighted by Crippen LogP contribution is -2.27. The summed E-state index contributed by atoms with van der Waals surface area (Å²) in [6.45, 7) is 1.86. The van der Waals surface area contributed by atoms with Crippen LogP contribution in [0.4, 0.5) is 5.69 Å². The Morgan fingerprint density at radius 2 is 1.59 bits per heavy atom. The molecule has 0 bridgehead atoms. The summed E-state index contributed by atoms with van der Waals surface area (Å²) in [5.41, 5.74) is 1.34. The highest BCUT2D eigenvalue weighted by atomic mass is 35.5. The molecule has 2 N–H and O–H groups in total. The number of hydrogen-bond donors (Lipinski definition) is 2. The molecule has 150 valence electrons. The summed E-state index contributed by atoms with van der Waals surface area (Å²) in [5.74, 6) is -0.404. The van der Waals surface area contributed by atoms with E-state index in [2.05, 4.69) is 10.0 Å². The third-order valence-electron chi connectivity index (χ3n) is 4.23. The molecule has 1 atom stereocenters. The molecule has 0 aliphatic carbocycles. The van der Waals surface area contributed by atoms with Crippen LogP contribution in [0.1, 0.15) is 28.9 Å². The largest absolute Gasteiger partial charge is 0.345 e. The Bertz CT molecular complexity index is 1120. The van der Waals surface area contributed by atoms with Crippen LogP contribution in [0.25, 0.3) is 0 Å². The van der Waals surface area contributed by atoms with Crippen molar-refractivity contribution in [3.63, 3.8) is 0 Å². The fourth-order valence-corrected chi connectivity index (χ4v) is 4.07. The van der Waals surface area contributed by atoms with E-state index in [4.69, 9.17) is 23.2 Å². The maximum absolute atomic E-state index is 12.7. The van der Waals surface area contributed by atoms with Crippen molar-refractivity contribution in [2.24, 2.45) is 0 Å². The summed E-state index contributed by atoms with van der Waals surface area (Å²) in [5, 5.41) is 3.52. The van der Waals surface area contributed by atoms with E-state index >= 15 is 0 Å². The summed E-state index contributed by atoms with van der Waals surface area (Å²) in [7, 11) is -3.83. The summed E-state index contributed by atoms with van der Waals surface area (Å²) in [4.78, 5) is 12.7. The average molecular weight is 449 g/mol. The van der Waals surface area contributed by atoms with Gasteiger partial charge in [-0.05, 0) is 55.0 Å². The first-order valence-electron chi connectivity index (χ1n) is 8.70. The molecule has 1 amide bonds. The molecule has 0 saturated carbocycles. The van der Waals surface area contributed by atoms with Gasteiger partial charge in [0.25, 0.3) is 15.9 Å². The van der Waals surface area contributed by atoms with Gasteiger partial charge in [-0.15, -0.1) is 0 Å². The molecular weight excluding hydrogens is 431 g/mol. The van der Waals surface area contributed by atoms with Crippen molar-refractivity contribution in [1.29, 1.82) is 0 Å². The fraction of sp³-hybridized carbons (Fsp3) is 0.0952. The number of sulfonamides is 1. The molecule has 0 aliphatic rings. The van der Waals surface area contributed by atoms with Crippen molar-refractivity contribution >= 4 is 44.8 Å². The highest BCUT2D eigenvalue weighted by Gasteiger charge is 2.18. The van der Waals surface area contributed by atoms with Gasteiger partial charge >= 0.3 is 0 Å². The van der Waals surface area contributed by atoms with Crippen molar-refractivity contribution in [1.82, 2.24) is 5.32 Å². The van der Waals surface area contributed by atoms with Crippen molar-refractivity contribution in [2.75, 3.05) is 4.72 Å². The first kappa shape index (κ1) is 21.2. The van der Waals surface area contributed by atoms with Gasteiger partial charge in [0.1, 0.15) is 0 Å². The third-order valence-corrected chi connectivity index (χ3v) is 6.21. The molecule has 0 fully saturated rings. The van der Waals surface area contributed by atoms with E-state index in [1.165, 1.54) is 42.5 Å². The van der Waals surface area contributed by atoms with Gasteiger partial charge in [-0.2, -0.15) is 0 Å². The second kappa shape index (κ2) is 8.86. The zero-order valence-corrected chi connectivity index (χ0v) is 17.7. The Morgan fingerprint density at radius 3 is 2.24 bits per heavy atom. The summed E-state index contributed by atoms with van der Waals surface area (Å²) in [6, 6.07) is 19.4. The molecule has 3 aromatic rings. The van der Waals surface area contributed by atoms with Gasteiger partial charge in [0.15, 0.2) is 0 Å². The van der Waals surface area contributed by atoms with Gasteiger partial charge in [0, 0.05) is 10.7 Å². The van der Waals surface area contributed by atoms with Crippen LogP contribution in [-0.4, -0.2) is 14.3 Å². The number of carbonyl (C=O) groups is 1. The second-order valence-corrected chi connectivity index (χ2v) is 8.89. The molecule has 8 heteroatoms. The summed E-state index contributed by atoms with van der Waals surface area (Å²) >= 11 is 12.0. The first-order chi connectivity index (χ1) is 13.8. The van der Waals surface area contributed by atoms with Crippen molar-refractivity contribution < 1.29 is 13.2 Å². The van der Waals surface area contributed by atoms with Crippen LogP contribution in [0.2, 0.25) is 10.0 Å². The Labute approximate surface area is 179 Å². The van der Waals surface area contributed by atoms with Crippen molar-refractivity contribution in [2.45, 2.75) is 17.9 Å². The molecule has 29 heavy (non-hydrogen) atoms. The molecular formula is C21H18Cl2N2O3S. The molecule has 0 radical (unpaired) electrons. The number of carbonyl (C=O) groups excluding carboxylic acids is 1. The Hall–Kier alpha value is -2.54. The van der Waals surface area contributed by atoms with E-state index in [1.807, 2.05) is 37.3 Å². The van der Waals surface area contributed by atoms with Gasteiger partial charge < -0.3 is 5.32 Å². The zero-order valence-electron chi connectivity index (χ0n) is 15.4. The second-order valence-electron chi connectivity index (χ2n) is 6.36. The van der Waals surface area contributed by atoms with Crippen LogP contribution < -0.4 is 10.0 Å². The van der Waals surface area contributed by atoms with Crippen LogP contribution in [0.5, 0.6) is 0 Å². The number of anilines is 1. The van der Waals surface area contributed by atoms with Gasteiger partial charge in [0.2, 0.25) is 0 Å². The lowest BCUT2D eigenvalue weighted by Gasteiger charge is -2.16. The SMILES string of the molecule is CC(NC(=O)c1cc(NS(=O)(=O)c2ccc(Cl)cc2)ccc1Cl)c1ccccc1. The number of rotatable bonds is 6. The zero-order chi connectivity index (χ0) is 21.0. The van der Waals surface area contributed by atoms with E-state index in [0.717, 1.165) is 5.56 Å². The summed E-state index contributed by atoms with van der Waals surface area (Å²) in [6.07, 6.45) is 0. The molecule has 0 saturated heterocycles. The van der Waals surface area contributed by atoms with Crippen LogP contribution in [0.3, 0.4) is 0 Å². The number of benzene rings is 3. The molecule has 3 aromatic carbocycles. The quantitative estimate of drug-likeness (QED) is 0.537. The molecule has 1 unspecified atom stereocenters. The molecule has 0 aliphatic heterocycles. The van der Waals surface area contributed by atoms with Gasteiger partial charge in [-0.1, -0.05) is 53.5 Å². The van der Waals surface area contributed by atoms with E-state index in [9.17, 15) is 13.2 Å². The fourth-order valence-electron chi connectivity index (χ4n) is 2.69. The first-order valence-corrected chi connectivity index (χ1v) is 10.9. The normalized spacial score (nSPS) is 12.2. The van der Waals surface area contributed by atoms with Crippen LogP contribution in [-0.2, 0) is 10.0 Å². The summed E-state index contributed by atoms with van der Waals surface area (Å²) < 4.78 is 27.6. The molecule has 0 spiro atoms. The number of hydrogen-bond acceptors (Lipinski definition) is 3. The van der Waals surface area contributed by atoms with E-state index in [0.29, 0.717) is 5.02 Å². The number of amides is 1. The average Bonchev–Trinajstić information content (AvgIpc) is 2.70. The number of halogens is 2. The minimum atomic E-state index is -3.83. The highest BCUT2D eigenvalue weighted by molar-refractivity contribution is 7.92. The predicted molar refractivity (Wildman–Crippen MR) is 116 cm³/mol. The van der Waals surface area contributed by atoms with E-state index < -0.39 is 15.9 Å². The van der Waals surface area contributed by atoms with Gasteiger partial charge in [0.05, 0.1) is 21.5 Å². The monoisotopic (exact) mass is 448 g/mol. The molecule has 0 aromatic heterocycles. The van der Waals surface area contributed by atoms with Gasteiger partial charge in [-0.25, -0.2) is 8.42 Å². The standard InChI is InChI=1S/C21H18Cl2N2O3S/c1-14(15-5-3-2-4-6-15)24-21(26)19-13-17(9-12-20(19)23)25-29(27,28)18-10-7-16(22)8-11-18/h2-14,25H,1H3,(H,24,26). The maximum Gasteiger partial charge on any atom is 0.261 e. The Morgan fingerprint density at radius 1 is 0.931 bits per heavy atom. The predicted octanol–water partition coefficient (Wildman–Crippen LogP) is 5.29. The van der Waals surface area contributed by atoms with Crippen LogP contribution >= 0.6 is 23.2 Å². The Kier molecular flexibility index (Phi) is 6.47. The minimum Gasteiger partial charge on any atom is -0.345 e. The smallest absolute Gasteiger partial charge is 0.261 e. The topological polar surface area (TPSA) is 75.3 Å². The lowest BCUT2D eigenvalue weighted by molar-refractivity contribution is 0.0940. The van der Waals surface area contributed by atoms with E-state index in [1.54, 1.807) is 0 Å². The molecule has 0 heterocycles. The molecule has 5 nitrogen and oxygen atoms in total. The minimum absolute atomic E-state index is 0.0561. The maximum atomic E-state index is 12.7. The third kappa shape index (κ3) is 5.29. The molecule has 3 rings (SSSR count). The highest BCUT2D eigenvalue weighted by Crippen LogP contribution is 2.24. The van der Waals surface area contributed by atoms with E-state index in [-0.39, 0.29) is 27.2 Å². The van der Waals surface area contributed by atoms with Crippen molar-refractivity contribution in [3.05, 3.63) is 94.0 Å². The Balaban J connectivity index is 1.80. The lowest BCUT2D eigenvalue weighted by atomic mass is 10.1.